The lowest BCUT2D eigenvalue weighted by Gasteiger charge is -2.39. The maximum atomic E-state index is 12.9. The van der Waals surface area contributed by atoms with Gasteiger partial charge in [-0.15, -0.1) is 0 Å². The van der Waals surface area contributed by atoms with Gasteiger partial charge in [0.25, 0.3) is 0 Å². The standard InChI is InChI=1S/C12H16ClFN2/c1-8(16(2)10-6-15-7-10)11-4-3-9(14)5-12(11)13/h3-5,8,10,15H,6-7H2,1-2H3. The van der Waals surface area contributed by atoms with Crippen LogP contribution in [0.25, 0.3) is 0 Å². The van der Waals surface area contributed by atoms with Gasteiger partial charge in [-0.25, -0.2) is 4.39 Å². The molecule has 0 radical (unpaired) electrons. The first kappa shape index (κ1) is 11.8. The first-order valence-electron chi connectivity index (χ1n) is 5.47. The predicted molar refractivity (Wildman–Crippen MR) is 64.2 cm³/mol. The lowest BCUT2D eigenvalue weighted by atomic mass is 10.0. The van der Waals surface area contributed by atoms with E-state index in [1.54, 1.807) is 6.07 Å². The summed E-state index contributed by atoms with van der Waals surface area (Å²) in [5, 5.41) is 3.74. The average molecular weight is 243 g/mol. The van der Waals surface area contributed by atoms with Crippen molar-refractivity contribution in [2.24, 2.45) is 0 Å². The Morgan fingerprint density at radius 3 is 2.69 bits per heavy atom. The molecule has 1 N–H and O–H groups in total. The molecule has 2 nitrogen and oxygen atoms in total. The van der Waals surface area contributed by atoms with Crippen LogP contribution < -0.4 is 5.32 Å². The zero-order chi connectivity index (χ0) is 11.7. The van der Waals surface area contributed by atoms with Crippen molar-refractivity contribution in [1.82, 2.24) is 10.2 Å². The Kier molecular flexibility index (Phi) is 3.47. The molecule has 0 saturated carbocycles. The van der Waals surface area contributed by atoms with E-state index < -0.39 is 0 Å². The third kappa shape index (κ3) is 2.21. The SMILES string of the molecule is CC(c1ccc(F)cc1Cl)N(C)C1CNC1. The van der Waals surface area contributed by atoms with Crippen molar-refractivity contribution in [3.8, 4) is 0 Å². The van der Waals surface area contributed by atoms with Gasteiger partial charge in [-0.2, -0.15) is 0 Å². The van der Waals surface area contributed by atoms with Gasteiger partial charge >= 0.3 is 0 Å². The molecule has 88 valence electrons. The van der Waals surface area contributed by atoms with Gasteiger partial charge in [0.1, 0.15) is 5.82 Å². The fourth-order valence-corrected chi connectivity index (χ4v) is 2.26. The van der Waals surface area contributed by atoms with E-state index in [4.69, 9.17) is 11.6 Å². The second kappa shape index (κ2) is 4.70. The highest BCUT2D eigenvalue weighted by atomic mass is 35.5. The van der Waals surface area contributed by atoms with Crippen LogP contribution in [-0.4, -0.2) is 31.1 Å². The van der Waals surface area contributed by atoms with Gasteiger partial charge in [0.15, 0.2) is 0 Å². The Morgan fingerprint density at radius 2 is 2.19 bits per heavy atom. The highest BCUT2D eigenvalue weighted by Crippen LogP contribution is 2.28. The zero-order valence-electron chi connectivity index (χ0n) is 9.50. The highest BCUT2D eigenvalue weighted by Gasteiger charge is 2.26. The second-order valence-electron chi connectivity index (χ2n) is 4.32. The number of likely N-dealkylation sites (N-methyl/N-ethyl adjacent to an activating group) is 1. The first-order chi connectivity index (χ1) is 7.59. The van der Waals surface area contributed by atoms with Crippen molar-refractivity contribution in [3.05, 3.63) is 34.6 Å². The van der Waals surface area contributed by atoms with Gasteiger partial charge in [-0.05, 0) is 31.7 Å². The summed E-state index contributed by atoms with van der Waals surface area (Å²) in [4.78, 5) is 2.27. The summed E-state index contributed by atoms with van der Waals surface area (Å²) >= 11 is 6.05. The predicted octanol–water partition coefficient (Wildman–Crippen LogP) is 2.44. The minimum atomic E-state index is -0.283. The fraction of sp³-hybridized carbons (Fsp3) is 0.500. The van der Waals surface area contributed by atoms with Crippen molar-refractivity contribution >= 4 is 11.6 Å². The highest BCUT2D eigenvalue weighted by molar-refractivity contribution is 6.31. The van der Waals surface area contributed by atoms with Crippen LogP contribution in [0.2, 0.25) is 5.02 Å². The quantitative estimate of drug-likeness (QED) is 0.876. The Morgan fingerprint density at radius 1 is 1.50 bits per heavy atom. The molecule has 0 bridgehead atoms. The molecular weight excluding hydrogens is 227 g/mol. The summed E-state index contributed by atoms with van der Waals surface area (Å²) in [6.07, 6.45) is 0. The van der Waals surface area contributed by atoms with Crippen LogP contribution in [0, 0.1) is 5.82 Å². The molecule has 1 aromatic rings. The molecule has 0 aliphatic carbocycles. The summed E-state index contributed by atoms with van der Waals surface area (Å²) in [5.41, 5.74) is 0.984. The van der Waals surface area contributed by atoms with Gasteiger partial charge in [0.05, 0.1) is 0 Å². The Labute approximate surface area is 100 Å². The molecule has 4 heteroatoms. The number of halogens is 2. The van der Waals surface area contributed by atoms with Gasteiger partial charge in [0, 0.05) is 30.2 Å². The van der Waals surface area contributed by atoms with E-state index in [1.807, 2.05) is 0 Å². The third-order valence-electron chi connectivity index (χ3n) is 3.36. The third-order valence-corrected chi connectivity index (χ3v) is 3.69. The van der Waals surface area contributed by atoms with Gasteiger partial charge < -0.3 is 5.32 Å². The van der Waals surface area contributed by atoms with Crippen molar-refractivity contribution in [2.45, 2.75) is 19.0 Å². The van der Waals surface area contributed by atoms with E-state index in [-0.39, 0.29) is 11.9 Å². The van der Waals surface area contributed by atoms with Crippen LogP contribution in [0.15, 0.2) is 18.2 Å². The molecule has 2 rings (SSSR count). The van der Waals surface area contributed by atoms with Crippen LogP contribution >= 0.6 is 11.6 Å². The molecule has 1 unspecified atom stereocenters. The van der Waals surface area contributed by atoms with Gasteiger partial charge in [0.2, 0.25) is 0 Å². The Bertz CT molecular complexity index is 379. The van der Waals surface area contributed by atoms with Crippen LogP contribution in [-0.2, 0) is 0 Å². The minimum absolute atomic E-state index is 0.209. The normalized spacial score (nSPS) is 18.6. The number of hydrogen-bond acceptors (Lipinski definition) is 2. The van der Waals surface area contributed by atoms with E-state index in [1.165, 1.54) is 12.1 Å². The van der Waals surface area contributed by atoms with E-state index in [9.17, 15) is 4.39 Å². The molecule has 1 aromatic carbocycles. The second-order valence-corrected chi connectivity index (χ2v) is 4.73. The molecule has 16 heavy (non-hydrogen) atoms. The smallest absolute Gasteiger partial charge is 0.124 e. The topological polar surface area (TPSA) is 15.3 Å². The molecule has 0 amide bonds. The summed E-state index contributed by atoms with van der Waals surface area (Å²) in [6, 6.07) is 5.37. The molecule has 0 spiro atoms. The van der Waals surface area contributed by atoms with Crippen LogP contribution in [0.5, 0.6) is 0 Å². The number of benzene rings is 1. The van der Waals surface area contributed by atoms with Gasteiger partial charge in [-0.1, -0.05) is 17.7 Å². The molecule has 0 aromatic heterocycles. The number of hydrogen-bond donors (Lipinski definition) is 1. The lowest BCUT2D eigenvalue weighted by molar-refractivity contribution is 0.136. The van der Waals surface area contributed by atoms with E-state index in [0.29, 0.717) is 11.1 Å². The molecular formula is C12H16ClFN2. The molecule has 1 fully saturated rings. The van der Waals surface area contributed by atoms with Crippen molar-refractivity contribution in [3.63, 3.8) is 0 Å². The average Bonchev–Trinajstić information content (AvgIpc) is 2.14. The van der Waals surface area contributed by atoms with Crippen molar-refractivity contribution in [2.75, 3.05) is 20.1 Å². The lowest BCUT2D eigenvalue weighted by Crippen LogP contribution is -2.56. The molecule has 1 aliphatic heterocycles. The summed E-state index contributed by atoms with van der Waals surface area (Å²) < 4.78 is 12.9. The Balaban J connectivity index is 2.15. The molecule has 1 heterocycles. The molecule has 1 atom stereocenters. The number of rotatable bonds is 3. The number of nitrogens with zero attached hydrogens (tertiary/aromatic N) is 1. The van der Waals surface area contributed by atoms with E-state index in [2.05, 4.69) is 24.2 Å². The number of nitrogens with one attached hydrogen (secondary N) is 1. The first-order valence-corrected chi connectivity index (χ1v) is 5.85. The molecule has 1 aliphatic rings. The maximum absolute atomic E-state index is 12.9. The maximum Gasteiger partial charge on any atom is 0.124 e. The van der Waals surface area contributed by atoms with Crippen molar-refractivity contribution < 1.29 is 4.39 Å². The van der Waals surface area contributed by atoms with Crippen molar-refractivity contribution in [1.29, 1.82) is 0 Å². The summed E-state index contributed by atoms with van der Waals surface area (Å²) in [6.45, 7) is 4.12. The summed E-state index contributed by atoms with van der Waals surface area (Å²) in [7, 11) is 2.08. The molecule has 1 saturated heterocycles. The largest absolute Gasteiger partial charge is 0.314 e. The Hall–Kier alpha value is -0.640. The van der Waals surface area contributed by atoms with Crippen LogP contribution in [0.4, 0.5) is 4.39 Å². The van der Waals surface area contributed by atoms with Gasteiger partial charge in [-0.3, -0.25) is 4.90 Å². The van der Waals surface area contributed by atoms with E-state index in [0.717, 1.165) is 18.7 Å². The zero-order valence-corrected chi connectivity index (χ0v) is 10.3. The van der Waals surface area contributed by atoms with E-state index >= 15 is 0 Å². The summed E-state index contributed by atoms with van der Waals surface area (Å²) in [5.74, 6) is -0.283. The fourth-order valence-electron chi connectivity index (χ4n) is 1.94. The van der Waals surface area contributed by atoms with Crippen LogP contribution in [0.1, 0.15) is 18.5 Å². The monoisotopic (exact) mass is 242 g/mol. The van der Waals surface area contributed by atoms with Crippen LogP contribution in [0.3, 0.4) is 0 Å². The minimum Gasteiger partial charge on any atom is -0.314 e.